The minimum atomic E-state index is -3.16. The van der Waals surface area contributed by atoms with Crippen LogP contribution in [0.1, 0.15) is 20.3 Å². The molecule has 12 heavy (non-hydrogen) atoms. The van der Waals surface area contributed by atoms with E-state index in [9.17, 15) is 13.2 Å². The van der Waals surface area contributed by atoms with Gasteiger partial charge in [-0.25, -0.2) is 8.42 Å². The molecule has 0 bridgehead atoms. The molecular formula is C7H14O4S. The Labute approximate surface area is 72.5 Å². The molecule has 0 amide bonds. The highest BCUT2D eigenvalue weighted by Gasteiger charge is 2.21. The third-order valence-corrected chi connectivity index (χ3v) is 3.53. The summed E-state index contributed by atoms with van der Waals surface area (Å²) in [4.78, 5) is 10.5. The van der Waals surface area contributed by atoms with Crippen molar-refractivity contribution in [2.45, 2.75) is 20.3 Å². The first-order valence-electron chi connectivity index (χ1n) is 3.86. The molecule has 4 nitrogen and oxygen atoms in total. The van der Waals surface area contributed by atoms with Crippen molar-refractivity contribution in [2.24, 2.45) is 5.92 Å². The molecule has 0 saturated carbocycles. The number of aliphatic carboxylic acids is 1. The molecule has 0 radical (unpaired) electrons. The quantitative estimate of drug-likeness (QED) is 0.693. The first-order valence-corrected chi connectivity index (χ1v) is 5.68. The maximum absolute atomic E-state index is 11.0. The number of hydrogen-bond donors (Lipinski definition) is 1. The van der Waals surface area contributed by atoms with Gasteiger partial charge in [0, 0.05) is 5.75 Å². The second-order valence-corrected chi connectivity index (χ2v) is 5.04. The van der Waals surface area contributed by atoms with Gasteiger partial charge in [0.15, 0.2) is 9.84 Å². The first kappa shape index (κ1) is 11.4. The Morgan fingerprint density at radius 2 is 1.92 bits per heavy atom. The lowest BCUT2D eigenvalue weighted by molar-refractivity contribution is -0.141. The zero-order valence-electron chi connectivity index (χ0n) is 7.28. The number of hydrogen-bond acceptors (Lipinski definition) is 3. The lowest BCUT2D eigenvalue weighted by Gasteiger charge is -2.08. The Morgan fingerprint density at radius 3 is 2.17 bits per heavy atom. The summed E-state index contributed by atoms with van der Waals surface area (Å²) in [5.74, 6) is -2.02. The molecule has 0 aliphatic carbocycles. The van der Waals surface area contributed by atoms with Crippen LogP contribution in [0.4, 0.5) is 0 Å². The van der Waals surface area contributed by atoms with Crippen LogP contribution in [0.5, 0.6) is 0 Å². The molecule has 0 aromatic heterocycles. The molecule has 5 heteroatoms. The molecule has 0 heterocycles. The lowest BCUT2D eigenvalue weighted by Crippen LogP contribution is -2.24. The molecular weight excluding hydrogens is 180 g/mol. The third-order valence-electron chi connectivity index (χ3n) is 1.74. The standard InChI is InChI=1S/C7H14O4S/c1-3-6(7(8)9)5-12(10,11)4-2/h6H,3-5H2,1-2H3,(H,8,9). The van der Waals surface area contributed by atoms with E-state index in [1.807, 2.05) is 0 Å². The summed E-state index contributed by atoms with van der Waals surface area (Å²) in [5, 5.41) is 8.57. The normalized spacial score (nSPS) is 14.2. The smallest absolute Gasteiger partial charge is 0.307 e. The van der Waals surface area contributed by atoms with Gasteiger partial charge in [0.05, 0.1) is 11.7 Å². The monoisotopic (exact) mass is 194 g/mol. The van der Waals surface area contributed by atoms with E-state index in [1.54, 1.807) is 6.92 Å². The van der Waals surface area contributed by atoms with Gasteiger partial charge in [-0.05, 0) is 6.42 Å². The average Bonchev–Trinajstić information content (AvgIpc) is 2.00. The highest BCUT2D eigenvalue weighted by atomic mass is 32.2. The van der Waals surface area contributed by atoms with Crippen molar-refractivity contribution in [1.82, 2.24) is 0 Å². The predicted octanol–water partition coefficient (Wildman–Crippen LogP) is 0.532. The summed E-state index contributed by atoms with van der Waals surface area (Å²) in [6.07, 6.45) is 0.356. The van der Waals surface area contributed by atoms with Gasteiger partial charge in [0.1, 0.15) is 0 Å². The number of carboxylic acids is 1. The summed E-state index contributed by atoms with van der Waals surface area (Å²) in [7, 11) is -3.16. The number of sulfone groups is 1. The van der Waals surface area contributed by atoms with E-state index in [1.165, 1.54) is 6.92 Å². The number of rotatable bonds is 5. The Morgan fingerprint density at radius 1 is 1.42 bits per heavy atom. The fraction of sp³-hybridized carbons (Fsp3) is 0.857. The molecule has 0 fully saturated rings. The second kappa shape index (κ2) is 4.45. The molecule has 0 aliphatic rings. The fourth-order valence-corrected chi connectivity index (χ4v) is 2.02. The van der Waals surface area contributed by atoms with Crippen LogP contribution in [0.3, 0.4) is 0 Å². The third kappa shape index (κ3) is 3.71. The van der Waals surface area contributed by atoms with E-state index < -0.39 is 21.7 Å². The molecule has 0 aromatic rings. The minimum absolute atomic E-state index is 0.0107. The largest absolute Gasteiger partial charge is 0.481 e. The van der Waals surface area contributed by atoms with Crippen LogP contribution in [0.2, 0.25) is 0 Å². The summed E-state index contributed by atoms with van der Waals surface area (Å²) in [6, 6.07) is 0. The maximum Gasteiger partial charge on any atom is 0.307 e. The van der Waals surface area contributed by atoms with Gasteiger partial charge in [0.25, 0.3) is 0 Å². The van der Waals surface area contributed by atoms with Gasteiger partial charge >= 0.3 is 5.97 Å². The van der Waals surface area contributed by atoms with Crippen LogP contribution in [-0.4, -0.2) is 31.0 Å². The van der Waals surface area contributed by atoms with Crippen LogP contribution in [0, 0.1) is 5.92 Å². The van der Waals surface area contributed by atoms with E-state index >= 15 is 0 Å². The Kier molecular flexibility index (Phi) is 4.23. The maximum atomic E-state index is 11.0. The topological polar surface area (TPSA) is 71.4 Å². The van der Waals surface area contributed by atoms with Crippen molar-refractivity contribution < 1.29 is 18.3 Å². The van der Waals surface area contributed by atoms with Gasteiger partial charge in [-0.15, -0.1) is 0 Å². The van der Waals surface area contributed by atoms with E-state index in [-0.39, 0.29) is 11.5 Å². The number of carbonyl (C=O) groups is 1. The zero-order valence-corrected chi connectivity index (χ0v) is 8.10. The van der Waals surface area contributed by atoms with Crippen molar-refractivity contribution in [3.05, 3.63) is 0 Å². The van der Waals surface area contributed by atoms with Crippen molar-refractivity contribution in [2.75, 3.05) is 11.5 Å². The van der Waals surface area contributed by atoms with Crippen LogP contribution < -0.4 is 0 Å². The highest BCUT2D eigenvalue weighted by Crippen LogP contribution is 2.07. The predicted molar refractivity (Wildman–Crippen MR) is 45.7 cm³/mol. The molecule has 1 N–H and O–H groups in total. The second-order valence-electron chi connectivity index (χ2n) is 2.64. The van der Waals surface area contributed by atoms with Crippen molar-refractivity contribution in [3.8, 4) is 0 Å². The SMILES string of the molecule is CCC(CS(=O)(=O)CC)C(=O)O. The Balaban J connectivity index is 4.32. The van der Waals surface area contributed by atoms with Crippen LogP contribution in [0.15, 0.2) is 0 Å². The van der Waals surface area contributed by atoms with Crippen LogP contribution in [-0.2, 0) is 14.6 Å². The Hall–Kier alpha value is -0.580. The van der Waals surface area contributed by atoms with Gasteiger partial charge in [-0.1, -0.05) is 13.8 Å². The van der Waals surface area contributed by atoms with E-state index in [0.717, 1.165) is 0 Å². The van der Waals surface area contributed by atoms with E-state index in [0.29, 0.717) is 6.42 Å². The lowest BCUT2D eigenvalue weighted by atomic mass is 10.1. The summed E-state index contributed by atoms with van der Waals surface area (Å²) in [6.45, 7) is 3.19. The minimum Gasteiger partial charge on any atom is -0.481 e. The van der Waals surface area contributed by atoms with Gasteiger partial charge in [-0.2, -0.15) is 0 Å². The fourth-order valence-electron chi connectivity index (χ4n) is 0.788. The Bertz CT molecular complexity index is 242. The first-order chi connectivity index (χ1) is 5.43. The van der Waals surface area contributed by atoms with E-state index in [4.69, 9.17) is 5.11 Å². The van der Waals surface area contributed by atoms with Crippen molar-refractivity contribution >= 4 is 15.8 Å². The van der Waals surface area contributed by atoms with Crippen LogP contribution in [0.25, 0.3) is 0 Å². The number of carboxylic acid groups (broad SMARTS) is 1. The summed E-state index contributed by atoms with van der Waals surface area (Å²) in [5.41, 5.74) is 0. The van der Waals surface area contributed by atoms with Gasteiger partial charge < -0.3 is 5.11 Å². The molecule has 0 spiro atoms. The molecule has 1 unspecified atom stereocenters. The molecule has 1 atom stereocenters. The highest BCUT2D eigenvalue weighted by molar-refractivity contribution is 7.91. The molecule has 0 aromatic carbocycles. The average molecular weight is 194 g/mol. The van der Waals surface area contributed by atoms with Gasteiger partial charge in [-0.3, -0.25) is 4.79 Å². The molecule has 72 valence electrons. The van der Waals surface area contributed by atoms with Crippen LogP contribution >= 0.6 is 0 Å². The molecule has 0 rings (SSSR count). The van der Waals surface area contributed by atoms with Gasteiger partial charge in [0.2, 0.25) is 0 Å². The van der Waals surface area contributed by atoms with E-state index in [2.05, 4.69) is 0 Å². The van der Waals surface area contributed by atoms with Crippen molar-refractivity contribution in [1.29, 1.82) is 0 Å². The summed E-state index contributed by atoms with van der Waals surface area (Å²) < 4.78 is 22.0. The summed E-state index contributed by atoms with van der Waals surface area (Å²) >= 11 is 0. The zero-order chi connectivity index (χ0) is 9.78. The molecule has 0 saturated heterocycles. The van der Waals surface area contributed by atoms with Crippen molar-refractivity contribution in [3.63, 3.8) is 0 Å². The molecule has 0 aliphatic heterocycles.